The van der Waals surface area contributed by atoms with Crippen molar-refractivity contribution in [3.05, 3.63) is 0 Å². The number of hydrogen-bond acceptors (Lipinski definition) is 4. The van der Waals surface area contributed by atoms with Crippen molar-refractivity contribution in [2.24, 2.45) is 11.7 Å². The molecule has 3 atom stereocenters. The Labute approximate surface area is 132 Å². The smallest absolute Gasteiger partial charge is 0.245 e. The number of aliphatic hydroxyl groups excluding tert-OH is 1. The van der Waals surface area contributed by atoms with Crippen LogP contribution in [0.3, 0.4) is 0 Å². The van der Waals surface area contributed by atoms with Gasteiger partial charge >= 0.3 is 0 Å². The fourth-order valence-corrected chi connectivity index (χ4v) is 2.14. The highest BCUT2D eigenvalue weighted by Crippen LogP contribution is 2.13. The first-order chi connectivity index (χ1) is 9.98. The summed E-state index contributed by atoms with van der Waals surface area (Å²) < 4.78 is 0. The van der Waals surface area contributed by atoms with Crippen molar-refractivity contribution in [2.75, 3.05) is 14.1 Å². The van der Waals surface area contributed by atoms with Crippen LogP contribution >= 0.6 is 0 Å². The fraction of sp³-hybridized carbons (Fsp3) is 0.800. The first kappa shape index (κ1) is 20.4. The molecule has 0 radical (unpaired) electrons. The number of likely N-dealkylation sites (N-methyl/N-ethyl adjacent to an activating group) is 2. The number of aliphatic hydroxyl groups is 1. The van der Waals surface area contributed by atoms with Crippen molar-refractivity contribution in [3.8, 4) is 0 Å². The summed E-state index contributed by atoms with van der Waals surface area (Å²) in [6.45, 7) is 6.98. The Bertz CT molecular complexity index is 410. The molecule has 3 amide bonds. The van der Waals surface area contributed by atoms with Gasteiger partial charge in [0, 0.05) is 14.1 Å². The molecule has 22 heavy (non-hydrogen) atoms. The van der Waals surface area contributed by atoms with E-state index in [9.17, 15) is 19.5 Å². The van der Waals surface area contributed by atoms with Crippen molar-refractivity contribution in [1.29, 1.82) is 0 Å². The zero-order valence-electron chi connectivity index (χ0n) is 14.4. The van der Waals surface area contributed by atoms with Crippen molar-refractivity contribution < 1.29 is 19.5 Å². The third-order valence-electron chi connectivity index (χ3n) is 3.64. The second-order valence-corrected chi connectivity index (χ2v) is 6.23. The van der Waals surface area contributed by atoms with E-state index in [1.165, 1.54) is 30.8 Å². The van der Waals surface area contributed by atoms with Gasteiger partial charge in [0.05, 0.1) is 12.5 Å². The normalized spacial score (nSPS) is 15.1. The molecule has 0 saturated heterocycles. The van der Waals surface area contributed by atoms with Gasteiger partial charge in [0.25, 0.3) is 0 Å². The van der Waals surface area contributed by atoms with E-state index >= 15 is 0 Å². The molecule has 3 N–H and O–H groups in total. The summed E-state index contributed by atoms with van der Waals surface area (Å²) >= 11 is 0. The molecule has 0 aliphatic rings. The highest BCUT2D eigenvalue weighted by atomic mass is 16.3. The summed E-state index contributed by atoms with van der Waals surface area (Å²) in [5.41, 5.74) is 5.38. The molecule has 128 valence electrons. The number of primary amides is 1. The molecular weight excluding hydrogens is 286 g/mol. The van der Waals surface area contributed by atoms with Crippen molar-refractivity contribution in [1.82, 2.24) is 9.80 Å². The molecular formula is C15H29N3O4. The molecule has 0 aromatic heterocycles. The molecule has 0 fully saturated rings. The summed E-state index contributed by atoms with van der Waals surface area (Å²) in [5.74, 6) is -1.04. The van der Waals surface area contributed by atoms with E-state index in [0.29, 0.717) is 6.42 Å². The SMILES string of the molecule is CC(C)C[C@@H](C(N)=O)N(C)C(=O)[C@@H](C)N(C)C(=O)C[C@@H](C)O. The standard InChI is InChI=1S/C15H29N3O4/c1-9(2)7-12(14(16)21)18(6)15(22)11(4)17(5)13(20)8-10(3)19/h9-12,19H,7-8H2,1-6H3,(H2,16,21)/t10-,11-,12+/m1/s1. The number of hydrogen-bond donors (Lipinski definition) is 2. The lowest BCUT2D eigenvalue weighted by Gasteiger charge is -2.32. The molecule has 7 heteroatoms. The van der Waals surface area contributed by atoms with Crippen LogP contribution in [-0.2, 0) is 14.4 Å². The monoisotopic (exact) mass is 315 g/mol. The molecule has 0 aromatic rings. The van der Waals surface area contributed by atoms with Gasteiger partial charge in [-0.2, -0.15) is 0 Å². The van der Waals surface area contributed by atoms with Crippen LogP contribution in [0, 0.1) is 5.92 Å². The van der Waals surface area contributed by atoms with Crippen molar-refractivity contribution in [3.63, 3.8) is 0 Å². The number of nitrogens with two attached hydrogens (primary N) is 1. The molecule has 0 aliphatic heterocycles. The zero-order valence-corrected chi connectivity index (χ0v) is 14.4. The van der Waals surface area contributed by atoms with E-state index in [2.05, 4.69) is 0 Å². The lowest BCUT2D eigenvalue weighted by Crippen LogP contribution is -2.53. The van der Waals surface area contributed by atoms with Gasteiger partial charge in [0.15, 0.2) is 0 Å². The van der Waals surface area contributed by atoms with Crippen LogP contribution in [0.15, 0.2) is 0 Å². The van der Waals surface area contributed by atoms with Gasteiger partial charge in [-0.3, -0.25) is 14.4 Å². The maximum Gasteiger partial charge on any atom is 0.245 e. The van der Waals surface area contributed by atoms with Gasteiger partial charge < -0.3 is 20.6 Å². The van der Waals surface area contributed by atoms with Gasteiger partial charge in [-0.05, 0) is 26.2 Å². The highest BCUT2D eigenvalue weighted by molar-refractivity contribution is 5.91. The van der Waals surface area contributed by atoms with E-state index in [0.717, 1.165) is 0 Å². The van der Waals surface area contributed by atoms with E-state index in [-0.39, 0.29) is 24.2 Å². The first-order valence-corrected chi connectivity index (χ1v) is 7.48. The Balaban J connectivity index is 4.97. The lowest BCUT2D eigenvalue weighted by molar-refractivity contribution is -0.147. The van der Waals surface area contributed by atoms with Gasteiger partial charge in [-0.15, -0.1) is 0 Å². The molecule has 0 aromatic carbocycles. The third kappa shape index (κ3) is 6.01. The second-order valence-electron chi connectivity index (χ2n) is 6.23. The highest BCUT2D eigenvalue weighted by Gasteiger charge is 2.31. The topological polar surface area (TPSA) is 104 Å². The number of nitrogens with zero attached hydrogens (tertiary/aromatic N) is 2. The minimum absolute atomic E-state index is 0.0525. The summed E-state index contributed by atoms with van der Waals surface area (Å²) in [5, 5.41) is 9.26. The maximum absolute atomic E-state index is 12.5. The Kier molecular flexibility index (Phi) is 8.08. The molecule has 0 saturated carbocycles. The first-order valence-electron chi connectivity index (χ1n) is 7.48. The summed E-state index contributed by atoms with van der Waals surface area (Å²) in [7, 11) is 3.02. The van der Waals surface area contributed by atoms with Crippen LogP contribution in [0.2, 0.25) is 0 Å². The van der Waals surface area contributed by atoms with Crippen LogP contribution in [0.5, 0.6) is 0 Å². The third-order valence-corrected chi connectivity index (χ3v) is 3.64. The van der Waals surface area contributed by atoms with Crippen LogP contribution < -0.4 is 5.73 Å². The summed E-state index contributed by atoms with van der Waals surface area (Å²) in [6, 6.07) is -1.43. The van der Waals surface area contributed by atoms with E-state index < -0.39 is 24.1 Å². The lowest BCUT2D eigenvalue weighted by atomic mass is 10.0. The van der Waals surface area contributed by atoms with E-state index in [1.807, 2.05) is 13.8 Å². The maximum atomic E-state index is 12.5. The van der Waals surface area contributed by atoms with Crippen molar-refractivity contribution in [2.45, 2.75) is 58.7 Å². The van der Waals surface area contributed by atoms with Crippen LogP contribution in [-0.4, -0.2) is 64.9 Å². The minimum Gasteiger partial charge on any atom is -0.393 e. The molecule has 7 nitrogen and oxygen atoms in total. The molecule has 0 aliphatic carbocycles. The Morgan fingerprint density at radius 1 is 1.05 bits per heavy atom. The van der Waals surface area contributed by atoms with Gasteiger partial charge in [0.2, 0.25) is 17.7 Å². The molecule has 0 heterocycles. The quantitative estimate of drug-likeness (QED) is 0.656. The predicted octanol–water partition coefficient (Wildman–Crippen LogP) is -0.0374. The zero-order chi connectivity index (χ0) is 17.6. The van der Waals surface area contributed by atoms with Crippen LogP contribution in [0.25, 0.3) is 0 Å². The second kappa shape index (κ2) is 8.73. The van der Waals surface area contributed by atoms with Gasteiger partial charge in [-0.1, -0.05) is 13.8 Å². The average Bonchev–Trinajstić information content (AvgIpc) is 2.40. The number of carbonyl (C=O) groups excluding carboxylic acids is 3. The number of amides is 3. The minimum atomic E-state index is -0.769. The largest absolute Gasteiger partial charge is 0.393 e. The average molecular weight is 315 g/mol. The van der Waals surface area contributed by atoms with E-state index in [1.54, 1.807) is 6.92 Å². The Morgan fingerprint density at radius 2 is 1.55 bits per heavy atom. The molecule has 0 spiro atoms. The molecule has 0 rings (SSSR count). The van der Waals surface area contributed by atoms with Crippen LogP contribution in [0.1, 0.15) is 40.5 Å². The van der Waals surface area contributed by atoms with Gasteiger partial charge in [0.1, 0.15) is 12.1 Å². The van der Waals surface area contributed by atoms with Gasteiger partial charge in [-0.25, -0.2) is 0 Å². The number of carbonyl (C=O) groups is 3. The van der Waals surface area contributed by atoms with E-state index in [4.69, 9.17) is 5.73 Å². The summed E-state index contributed by atoms with van der Waals surface area (Å²) in [4.78, 5) is 38.5. The Hall–Kier alpha value is -1.63. The van der Waals surface area contributed by atoms with Crippen molar-refractivity contribution >= 4 is 17.7 Å². The Morgan fingerprint density at radius 3 is 1.91 bits per heavy atom. The fourth-order valence-electron chi connectivity index (χ4n) is 2.14. The van der Waals surface area contributed by atoms with Crippen LogP contribution in [0.4, 0.5) is 0 Å². The predicted molar refractivity (Wildman–Crippen MR) is 83.7 cm³/mol. The molecule has 0 bridgehead atoms. The summed E-state index contributed by atoms with van der Waals surface area (Å²) in [6.07, 6.45) is -0.354. The number of rotatable bonds is 8. The molecule has 0 unspecified atom stereocenters.